The first-order chi connectivity index (χ1) is 9.68. The maximum absolute atomic E-state index is 12.4. The van der Waals surface area contributed by atoms with Crippen LogP contribution in [0.15, 0.2) is 54.6 Å². The minimum atomic E-state index is -0.682. The van der Waals surface area contributed by atoms with E-state index in [0.29, 0.717) is 17.7 Å². The van der Waals surface area contributed by atoms with Gasteiger partial charge in [-0.2, -0.15) is 0 Å². The highest BCUT2D eigenvalue weighted by molar-refractivity contribution is 6.04. The second-order valence-electron chi connectivity index (χ2n) is 4.81. The van der Waals surface area contributed by atoms with Crippen LogP contribution in [0.5, 0.6) is 0 Å². The van der Waals surface area contributed by atoms with Crippen molar-refractivity contribution in [3.8, 4) is 0 Å². The molecule has 0 fully saturated rings. The number of nitrogens with two attached hydrogens (primary N) is 1. The van der Waals surface area contributed by atoms with Crippen LogP contribution >= 0.6 is 0 Å². The van der Waals surface area contributed by atoms with E-state index in [9.17, 15) is 9.59 Å². The Morgan fingerprint density at radius 1 is 1.05 bits per heavy atom. The highest BCUT2D eigenvalue weighted by Crippen LogP contribution is 2.34. The summed E-state index contributed by atoms with van der Waals surface area (Å²) in [6, 6.07) is 16.0. The lowest BCUT2D eigenvalue weighted by molar-refractivity contribution is -0.122. The van der Waals surface area contributed by atoms with E-state index < -0.39 is 11.9 Å². The lowest BCUT2D eigenvalue weighted by atomic mass is 10.0. The van der Waals surface area contributed by atoms with Crippen LogP contribution in [-0.4, -0.2) is 16.7 Å². The first kappa shape index (κ1) is 12.4. The molecule has 0 radical (unpaired) electrons. The van der Waals surface area contributed by atoms with Crippen LogP contribution in [0.1, 0.15) is 27.5 Å². The lowest BCUT2D eigenvalue weighted by Crippen LogP contribution is -2.35. The Kier molecular flexibility index (Phi) is 2.99. The van der Waals surface area contributed by atoms with Gasteiger partial charge in [-0.15, -0.1) is 0 Å². The third-order valence-corrected chi connectivity index (χ3v) is 3.52. The Morgan fingerprint density at radius 2 is 1.70 bits per heavy atom. The Hall–Kier alpha value is -2.62. The van der Waals surface area contributed by atoms with Crippen molar-refractivity contribution in [2.24, 2.45) is 5.73 Å². The molecule has 0 saturated heterocycles. The van der Waals surface area contributed by atoms with Crippen molar-refractivity contribution in [3.05, 3.63) is 71.3 Å². The molecule has 100 valence electrons. The third kappa shape index (κ3) is 1.95. The van der Waals surface area contributed by atoms with Crippen molar-refractivity contribution in [2.75, 3.05) is 0 Å². The minimum absolute atomic E-state index is 0.145. The van der Waals surface area contributed by atoms with Gasteiger partial charge in [0.15, 0.2) is 0 Å². The second-order valence-corrected chi connectivity index (χ2v) is 4.81. The molecule has 2 aromatic rings. The predicted octanol–water partition coefficient (Wildman–Crippen LogP) is 1.87. The van der Waals surface area contributed by atoms with Crippen LogP contribution in [0.3, 0.4) is 0 Å². The fraction of sp³-hybridized carbons (Fsp3) is 0.125. The fourth-order valence-corrected chi connectivity index (χ4v) is 2.62. The number of rotatable bonds is 3. The van der Waals surface area contributed by atoms with Crippen LogP contribution < -0.4 is 5.73 Å². The first-order valence-corrected chi connectivity index (χ1v) is 6.41. The topological polar surface area (TPSA) is 63.4 Å². The summed E-state index contributed by atoms with van der Waals surface area (Å²) >= 11 is 0. The molecule has 1 aliphatic rings. The van der Waals surface area contributed by atoms with E-state index in [4.69, 9.17) is 5.73 Å². The standard InChI is InChI=1S/C16H14N2O2/c17-15(19)14-12-8-4-5-9-13(12)16(20)18(14)10-11-6-2-1-3-7-11/h1-9,14H,10H2,(H2,17,19). The molecule has 1 aliphatic heterocycles. The van der Waals surface area contributed by atoms with Gasteiger partial charge in [-0.25, -0.2) is 0 Å². The maximum Gasteiger partial charge on any atom is 0.255 e. The van der Waals surface area contributed by atoms with Gasteiger partial charge >= 0.3 is 0 Å². The van der Waals surface area contributed by atoms with E-state index in [2.05, 4.69) is 0 Å². The average molecular weight is 266 g/mol. The van der Waals surface area contributed by atoms with Gasteiger partial charge in [0.2, 0.25) is 5.91 Å². The van der Waals surface area contributed by atoms with Gasteiger partial charge in [0.25, 0.3) is 5.91 Å². The van der Waals surface area contributed by atoms with E-state index in [1.165, 1.54) is 4.90 Å². The van der Waals surface area contributed by atoms with Gasteiger partial charge in [-0.05, 0) is 17.2 Å². The molecular weight excluding hydrogens is 252 g/mol. The van der Waals surface area contributed by atoms with Crippen LogP contribution in [-0.2, 0) is 11.3 Å². The normalized spacial score (nSPS) is 17.1. The molecule has 2 amide bonds. The summed E-state index contributed by atoms with van der Waals surface area (Å²) in [6.45, 7) is 0.377. The summed E-state index contributed by atoms with van der Waals surface area (Å²) in [4.78, 5) is 25.7. The van der Waals surface area contributed by atoms with Crippen LogP contribution in [0.25, 0.3) is 0 Å². The molecule has 0 aromatic heterocycles. The summed E-state index contributed by atoms with van der Waals surface area (Å²) < 4.78 is 0. The van der Waals surface area contributed by atoms with Gasteiger partial charge < -0.3 is 10.6 Å². The van der Waals surface area contributed by atoms with Crippen molar-refractivity contribution < 1.29 is 9.59 Å². The van der Waals surface area contributed by atoms with E-state index in [0.717, 1.165) is 5.56 Å². The maximum atomic E-state index is 12.4. The molecule has 1 unspecified atom stereocenters. The smallest absolute Gasteiger partial charge is 0.255 e. The van der Waals surface area contributed by atoms with Crippen molar-refractivity contribution >= 4 is 11.8 Å². The van der Waals surface area contributed by atoms with E-state index in [1.807, 2.05) is 36.4 Å². The Morgan fingerprint density at radius 3 is 2.40 bits per heavy atom. The minimum Gasteiger partial charge on any atom is -0.368 e. The SMILES string of the molecule is NC(=O)C1c2ccccc2C(=O)N1Cc1ccccc1. The van der Waals surface area contributed by atoms with Gasteiger partial charge in [-0.1, -0.05) is 48.5 Å². The molecule has 0 saturated carbocycles. The van der Waals surface area contributed by atoms with Gasteiger partial charge in [-0.3, -0.25) is 9.59 Å². The number of nitrogens with zero attached hydrogens (tertiary/aromatic N) is 1. The zero-order chi connectivity index (χ0) is 14.1. The average Bonchev–Trinajstić information content (AvgIpc) is 2.74. The van der Waals surface area contributed by atoms with E-state index in [-0.39, 0.29) is 5.91 Å². The third-order valence-electron chi connectivity index (χ3n) is 3.52. The van der Waals surface area contributed by atoms with Crippen molar-refractivity contribution in [1.29, 1.82) is 0 Å². The molecule has 2 N–H and O–H groups in total. The quantitative estimate of drug-likeness (QED) is 0.921. The lowest BCUT2D eigenvalue weighted by Gasteiger charge is -2.22. The molecule has 1 atom stereocenters. The van der Waals surface area contributed by atoms with Crippen LogP contribution in [0, 0.1) is 0 Å². The number of carbonyl (C=O) groups is 2. The zero-order valence-electron chi connectivity index (χ0n) is 10.8. The first-order valence-electron chi connectivity index (χ1n) is 6.41. The molecule has 4 heteroatoms. The van der Waals surface area contributed by atoms with Crippen LogP contribution in [0.4, 0.5) is 0 Å². The van der Waals surface area contributed by atoms with E-state index >= 15 is 0 Å². The van der Waals surface area contributed by atoms with Crippen molar-refractivity contribution in [1.82, 2.24) is 4.90 Å². The highest BCUT2D eigenvalue weighted by Gasteiger charge is 2.39. The van der Waals surface area contributed by atoms with Gasteiger partial charge in [0, 0.05) is 12.1 Å². The summed E-state index contributed by atoms with van der Waals surface area (Å²) in [5.41, 5.74) is 7.72. The molecular formula is C16H14N2O2. The van der Waals surface area contributed by atoms with E-state index in [1.54, 1.807) is 18.2 Å². The zero-order valence-corrected chi connectivity index (χ0v) is 10.8. The monoisotopic (exact) mass is 266 g/mol. The summed E-state index contributed by atoms with van der Waals surface area (Å²) in [5.74, 6) is -0.646. The summed E-state index contributed by atoms with van der Waals surface area (Å²) in [6.07, 6.45) is 0. The highest BCUT2D eigenvalue weighted by atomic mass is 16.2. The Bertz CT molecular complexity index is 667. The summed E-state index contributed by atoms with van der Waals surface area (Å²) in [5, 5.41) is 0. The number of carbonyl (C=O) groups excluding carboxylic acids is 2. The molecule has 3 rings (SSSR count). The molecule has 0 spiro atoms. The van der Waals surface area contributed by atoms with Crippen molar-refractivity contribution in [2.45, 2.75) is 12.6 Å². The number of hydrogen-bond acceptors (Lipinski definition) is 2. The molecule has 2 aromatic carbocycles. The number of amides is 2. The second kappa shape index (κ2) is 4.81. The molecule has 20 heavy (non-hydrogen) atoms. The molecule has 0 aliphatic carbocycles. The largest absolute Gasteiger partial charge is 0.368 e. The van der Waals surface area contributed by atoms with Crippen molar-refractivity contribution in [3.63, 3.8) is 0 Å². The number of primary amides is 1. The summed E-state index contributed by atoms with van der Waals surface area (Å²) in [7, 11) is 0. The van der Waals surface area contributed by atoms with Gasteiger partial charge in [0.05, 0.1) is 0 Å². The van der Waals surface area contributed by atoms with Crippen LogP contribution in [0.2, 0.25) is 0 Å². The molecule has 1 heterocycles. The number of benzene rings is 2. The fourth-order valence-electron chi connectivity index (χ4n) is 2.62. The molecule has 0 bridgehead atoms. The molecule has 4 nitrogen and oxygen atoms in total. The predicted molar refractivity (Wildman–Crippen MR) is 74.7 cm³/mol. The number of hydrogen-bond donors (Lipinski definition) is 1. The Labute approximate surface area is 116 Å². The van der Waals surface area contributed by atoms with Gasteiger partial charge in [0.1, 0.15) is 6.04 Å². The Balaban J connectivity index is 1.99. The number of fused-ring (bicyclic) bond motifs is 1.